The molecule has 0 heterocycles. The fourth-order valence-corrected chi connectivity index (χ4v) is 1.83. The van der Waals surface area contributed by atoms with Crippen molar-refractivity contribution in [3.63, 3.8) is 0 Å². The van der Waals surface area contributed by atoms with Crippen LogP contribution in [0.15, 0.2) is 18.2 Å². The molecule has 5 heteroatoms. The van der Waals surface area contributed by atoms with E-state index in [2.05, 4.69) is 5.32 Å². The standard InChI is InChI=1S/C12H16ClNO3/c1-7(5-8(2)15)14-11-4-3-9(13)6-10(11)12(16)17/h3-4,6-8,14-15H,5H2,1-2H3,(H,16,17). The summed E-state index contributed by atoms with van der Waals surface area (Å²) < 4.78 is 0. The summed E-state index contributed by atoms with van der Waals surface area (Å²) in [5, 5.41) is 21.7. The molecular weight excluding hydrogens is 242 g/mol. The first-order valence-corrected chi connectivity index (χ1v) is 5.75. The topological polar surface area (TPSA) is 69.6 Å². The second-order valence-electron chi connectivity index (χ2n) is 4.13. The highest BCUT2D eigenvalue weighted by Gasteiger charge is 2.13. The Hall–Kier alpha value is -1.26. The van der Waals surface area contributed by atoms with E-state index in [9.17, 15) is 9.90 Å². The molecule has 2 unspecified atom stereocenters. The first-order valence-electron chi connectivity index (χ1n) is 5.37. The number of aromatic carboxylic acids is 1. The summed E-state index contributed by atoms with van der Waals surface area (Å²) in [5.41, 5.74) is 0.644. The van der Waals surface area contributed by atoms with Crippen LogP contribution < -0.4 is 5.32 Å². The van der Waals surface area contributed by atoms with Gasteiger partial charge in [-0.25, -0.2) is 4.79 Å². The van der Waals surface area contributed by atoms with Gasteiger partial charge in [-0.1, -0.05) is 11.6 Å². The van der Waals surface area contributed by atoms with Crippen LogP contribution in [0.1, 0.15) is 30.6 Å². The molecule has 0 saturated carbocycles. The van der Waals surface area contributed by atoms with Crippen molar-refractivity contribution in [2.24, 2.45) is 0 Å². The maximum absolute atomic E-state index is 11.0. The van der Waals surface area contributed by atoms with Crippen LogP contribution in [-0.2, 0) is 0 Å². The zero-order chi connectivity index (χ0) is 13.0. The van der Waals surface area contributed by atoms with Crippen LogP contribution in [0.25, 0.3) is 0 Å². The average molecular weight is 258 g/mol. The molecule has 94 valence electrons. The Morgan fingerprint density at radius 2 is 2.12 bits per heavy atom. The molecule has 17 heavy (non-hydrogen) atoms. The predicted molar refractivity (Wildman–Crippen MR) is 67.8 cm³/mol. The fraction of sp³-hybridized carbons (Fsp3) is 0.417. The summed E-state index contributed by atoms with van der Waals surface area (Å²) in [4.78, 5) is 11.0. The summed E-state index contributed by atoms with van der Waals surface area (Å²) in [6, 6.07) is 4.64. The molecule has 4 nitrogen and oxygen atoms in total. The quantitative estimate of drug-likeness (QED) is 0.758. The van der Waals surface area contributed by atoms with Crippen LogP contribution >= 0.6 is 11.6 Å². The highest BCUT2D eigenvalue weighted by Crippen LogP contribution is 2.22. The number of halogens is 1. The molecule has 0 bridgehead atoms. The van der Waals surface area contributed by atoms with Gasteiger partial charge in [0.05, 0.1) is 11.7 Å². The van der Waals surface area contributed by atoms with E-state index in [1.165, 1.54) is 6.07 Å². The van der Waals surface area contributed by atoms with Gasteiger partial charge in [-0.05, 0) is 38.5 Å². The van der Waals surface area contributed by atoms with E-state index in [4.69, 9.17) is 16.7 Å². The Morgan fingerprint density at radius 1 is 1.47 bits per heavy atom. The molecule has 0 aromatic heterocycles. The van der Waals surface area contributed by atoms with Gasteiger partial charge in [-0.2, -0.15) is 0 Å². The minimum absolute atomic E-state index is 0.0192. The Kier molecular flexibility index (Phi) is 4.78. The zero-order valence-corrected chi connectivity index (χ0v) is 10.5. The van der Waals surface area contributed by atoms with E-state index in [1.807, 2.05) is 6.92 Å². The van der Waals surface area contributed by atoms with Crippen molar-refractivity contribution < 1.29 is 15.0 Å². The summed E-state index contributed by atoms with van der Waals surface area (Å²) in [7, 11) is 0. The lowest BCUT2D eigenvalue weighted by atomic mass is 10.1. The minimum Gasteiger partial charge on any atom is -0.478 e. The van der Waals surface area contributed by atoms with Gasteiger partial charge < -0.3 is 15.5 Å². The van der Waals surface area contributed by atoms with Crippen LogP contribution in [0.2, 0.25) is 5.02 Å². The van der Waals surface area contributed by atoms with E-state index in [1.54, 1.807) is 19.1 Å². The first-order chi connectivity index (χ1) is 7.90. The smallest absolute Gasteiger partial charge is 0.337 e. The van der Waals surface area contributed by atoms with Gasteiger partial charge in [0.2, 0.25) is 0 Å². The molecule has 0 spiro atoms. The molecule has 0 aliphatic heterocycles. The Bertz CT molecular complexity index is 407. The van der Waals surface area contributed by atoms with Crippen molar-refractivity contribution in [3.05, 3.63) is 28.8 Å². The summed E-state index contributed by atoms with van der Waals surface area (Å²) >= 11 is 5.75. The van der Waals surface area contributed by atoms with E-state index in [0.717, 1.165) is 0 Å². The molecule has 0 radical (unpaired) electrons. The van der Waals surface area contributed by atoms with E-state index in [-0.39, 0.29) is 11.6 Å². The fourth-order valence-electron chi connectivity index (χ4n) is 1.66. The molecule has 0 fully saturated rings. The summed E-state index contributed by atoms with van der Waals surface area (Å²) in [5.74, 6) is -1.03. The maximum atomic E-state index is 11.0. The lowest BCUT2D eigenvalue weighted by Crippen LogP contribution is -2.21. The molecule has 0 amide bonds. The largest absolute Gasteiger partial charge is 0.478 e. The molecule has 0 aliphatic rings. The van der Waals surface area contributed by atoms with Gasteiger partial charge in [0.25, 0.3) is 0 Å². The maximum Gasteiger partial charge on any atom is 0.337 e. The average Bonchev–Trinajstić information content (AvgIpc) is 2.19. The van der Waals surface area contributed by atoms with E-state index in [0.29, 0.717) is 17.1 Å². The molecule has 2 atom stereocenters. The third kappa shape index (κ3) is 4.24. The number of hydrogen-bond acceptors (Lipinski definition) is 3. The number of anilines is 1. The highest BCUT2D eigenvalue weighted by atomic mass is 35.5. The number of carboxylic acids is 1. The van der Waals surface area contributed by atoms with Gasteiger partial charge in [0, 0.05) is 16.8 Å². The zero-order valence-electron chi connectivity index (χ0n) is 9.77. The SMILES string of the molecule is CC(O)CC(C)Nc1ccc(Cl)cc1C(=O)O. The van der Waals surface area contributed by atoms with Gasteiger partial charge in [-0.3, -0.25) is 0 Å². The second kappa shape index (κ2) is 5.89. The number of benzene rings is 1. The van der Waals surface area contributed by atoms with Gasteiger partial charge >= 0.3 is 5.97 Å². The monoisotopic (exact) mass is 257 g/mol. The van der Waals surface area contributed by atoms with E-state index >= 15 is 0 Å². The summed E-state index contributed by atoms with van der Waals surface area (Å²) in [6.45, 7) is 3.57. The second-order valence-corrected chi connectivity index (χ2v) is 4.56. The Labute approximate surface area is 105 Å². The van der Waals surface area contributed by atoms with E-state index < -0.39 is 12.1 Å². The molecule has 3 N–H and O–H groups in total. The highest BCUT2D eigenvalue weighted by molar-refractivity contribution is 6.31. The third-order valence-electron chi connectivity index (χ3n) is 2.31. The lowest BCUT2D eigenvalue weighted by Gasteiger charge is -2.18. The number of aliphatic hydroxyl groups excluding tert-OH is 1. The molecular formula is C12H16ClNO3. The Morgan fingerprint density at radius 3 is 2.65 bits per heavy atom. The Balaban J connectivity index is 2.86. The first kappa shape index (κ1) is 13.8. The number of aliphatic hydroxyl groups is 1. The van der Waals surface area contributed by atoms with Gasteiger partial charge in [-0.15, -0.1) is 0 Å². The number of hydrogen-bond donors (Lipinski definition) is 3. The third-order valence-corrected chi connectivity index (χ3v) is 2.54. The summed E-state index contributed by atoms with van der Waals surface area (Å²) in [6.07, 6.45) is 0.111. The molecule has 1 aromatic carbocycles. The molecule has 1 aromatic rings. The van der Waals surface area contributed by atoms with Crippen LogP contribution in [0.3, 0.4) is 0 Å². The van der Waals surface area contributed by atoms with Crippen molar-refractivity contribution in [3.8, 4) is 0 Å². The van der Waals surface area contributed by atoms with Crippen molar-refractivity contribution in [1.29, 1.82) is 0 Å². The number of carbonyl (C=O) groups is 1. The molecule has 0 aliphatic carbocycles. The van der Waals surface area contributed by atoms with Crippen molar-refractivity contribution >= 4 is 23.3 Å². The number of carboxylic acid groups (broad SMARTS) is 1. The van der Waals surface area contributed by atoms with Crippen LogP contribution in [0, 0.1) is 0 Å². The van der Waals surface area contributed by atoms with Crippen LogP contribution in [-0.4, -0.2) is 28.3 Å². The van der Waals surface area contributed by atoms with Crippen LogP contribution in [0.5, 0.6) is 0 Å². The minimum atomic E-state index is -1.03. The molecule has 0 saturated heterocycles. The lowest BCUT2D eigenvalue weighted by molar-refractivity contribution is 0.0698. The van der Waals surface area contributed by atoms with Gasteiger partial charge in [0.1, 0.15) is 0 Å². The van der Waals surface area contributed by atoms with Crippen molar-refractivity contribution in [2.45, 2.75) is 32.4 Å². The number of rotatable bonds is 5. The van der Waals surface area contributed by atoms with Crippen molar-refractivity contribution in [1.82, 2.24) is 0 Å². The van der Waals surface area contributed by atoms with Gasteiger partial charge in [0.15, 0.2) is 0 Å². The number of nitrogens with one attached hydrogen (secondary N) is 1. The van der Waals surface area contributed by atoms with Crippen molar-refractivity contribution in [2.75, 3.05) is 5.32 Å². The predicted octanol–water partition coefficient (Wildman–Crippen LogP) is 2.61. The molecule has 1 rings (SSSR count). The normalized spacial score (nSPS) is 14.1. The van der Waals surface area contributed by atoms with Crippen LogP contribution in [0.4, 0.5) is 5.69 Å².